The number of nitrogens with zero attached hydrogens (tertiary/aromatic N) is 1. The van der Waals surface area contributed by atoms with E-state index < -0.39 is 0 Å². The van der Waals surface area contributed by atoms with E-state index in [1.165, 1.54) is 0 Å². The predicted molar refractivity (Wildman–Crippen MR) is 122 cm³/mol. The maximum atomic E-state index is 12.9. The third-order valence-electron chi connectivity index (χ3n) is 5.72. The van der Waals surface area contributed by atoms with Crippen molar-refractivity contribution < 1.29 is 23.8 Å². The number of carbonyl (C=O) groups excluding carboxylic acids is 2. The van der Waals surface area contributed by atoms with Gasteiger partial charge in [0.1, 0.15) is 5.75 Å². The van der Waals surface area contributed by atoms with Crippen molar-refractivity contribution in [1.29, 1.82) is 0 Å². The zero-order valence-electron chi connectivity index (χ0n) is 19.1. The van der Waals surface area contributed by atoms with Gasteiger partial charge in [0.2, 0.25) is 5.91 Å². The lowest BCUT2D eigenvalue weighted by molar-refractivity contribution is -0.120. The van der Waals surface area contributed by atoms with Crippen LogP contribution in [0.15, 0.2) is 42.5 Å². The number of hydrogen-bond acceptors (Lipinski definition) is 5. The van der Waals surface area contributed by atoms with Gasteiger partial charge in [-0.2, -0.15) is 0 Å². The van der Waals surface area contributed by atoms with E-state index in [1.54, 1.807) is 32.4 Å². The number of likely N-dealkylation sites (tertiary alicyclic amines) is 1. The largest absolute Gasteiger partial charge is 0.494 e. The molecule has 0 aliphatic carbocycles. The van der Waals surface area contributed by atoms with Crippen LogP contribution in [-0.4, -0.2) is 57.2 Å². The van der Waals surface area contributed by atoms with E-state index in [-0.39, 0.29) is 11.8 Å². The molecule has 3 rings (SSSR count). The minimum Gasteiger partial charge on any atom is -0.494 e. The Morgan fingerprint density at radius 1 is 1.00 bits per heavy atom. The van der Waals surface area contributed by atoms with Gasteiger partial charge in [-0.15, -0.1) is 0 Å². The Kier molecular flexibility index (Phi) is 8.36. The molecule has 1 saturated heterocycles. The number of amides is 2. The lowest BCUT2D eigenvalue weighted by Crippen LogP contribution is -2.41. The first-order valence-corrected chi connectivity index (χ1v) is 11.0. The van der Waals surface area contributed by atoms with Crippen LogP contribution < -0.4 is 19.5 Å². The molecule has 0 saturated carbocycles. The van der Waals surface area contributed by atoms with Crippen molar-refractivity contribution in [2.75, 3.05) is 40.5 Å². The summed E-state index contributed by atoms with van der Waals surface area (Å²) in [5, 5.41) is 3.04. The molecule has 0 radical (unpaired) electrons. The van der Waals surface area contributed by atoms with Crippen LogP contribution in [0.4, 0.5) is 0 Å². The molecule has 1 N–H and O–H groups in total. The van der Waals surface area contributed by atoms with Crippen molar-refractivity contribution in [3.63, 3.8) is 0 Å². The molecule has 1 aliphatic rings. The number of methoxy groups -OCH3 is 2. The maximum Gasteiger partial charge on any atom is 0.253 e. The third kappa shape index (κ3) is 6.15. The molecule has 0 spiro atoms. The van der Waals surface area contributed by atoms with Crippen LogP contribution in [0.5, 0.6) is 17.2 Å². The summed E-state index contributed by atoms with van der Waals surface area (Å²) in [7, 11) is 3.13. The molecule has 1 heterocycles. The molecule has 7 nitrogen and oxygen atoms in total. The first kappa shape index (κ1) is 23.4. The van der Waals surface area contributed by atoms with Gasteiger partial charge in [0.25, 0.3) is 5.91 Å². The highest BCUT2D eigenvalue weighted by molar-refractivity contribution is 5.95. The van der Waals surface area contributed by atoms with Crippen molar-refractivity contribution in [1.82, 2.24) is 10.2 Å². The molecule has 0 atom stereocenters. The van der Waals surface area contributed by atoms with Crippen LogP contribution >= 0.6 is 0 Å². The minimum atomic E-state index is -0.0102. The van der Waals surface area contributed by atoms with Crippen molar-refractivity contribution in [2.24, 2.45) is 5.92 Å². The van der Waals surface area contributed by atoms with E-state index >= 15 is 0 Å². The second-order valence-corrected chi connectivity index (χ2v) is 7.86. The Hall–Kier alpha value is -3.22. The normalized spacial score (nSPS) is 14.0. The molecule has 1 aliphatic heterocycles. The van der Waals surface area contributed by atoms with Crippen LogP contribution in [0.25, 0.3) is 0 Å². The highest BCUT2D eigenvalue weighted by Gasteiger charge is 2.24. The Balaban J connectivity index is 1.43. The van der Waals surface area contributed by atoms with Gasteiger partial charge in [-0.25, -0.2) is 0 Å². The summed E-state index contributed by atoms with van der Waals surface area (Å²) in [6.07, 6.45) is 2.08. The molecule has 2 amide bonds. The van der Waals surface area contributed by atoms with Gasteiger partial charge in [0, 0.05) is 25.2 Å². The van der Waals surface area contributed by atoms with Gasteiger partial charge in [0.05, 0.1) is 27.2 Å². The molecule has 0 bridgehead atoms. The van der Waals surface area contributed by atoms with Crippen molar-refractivity contribution in [3.05, 3.63) is 53.6 Å². The van der Waals surface area contributed by atoms with Crippen LogP contribution in [0.2, 0.25) is 0 Å². The Labute approximate surface area is 189 Å². The summed E-state index contributed by atoms with van der Waals surface area (Å²) < 4.78 is 16.0. The van der Waals surface area contributed by atoms with Crippen LogP contribution in [0.1, 0.15) is 35.7 Å². The quantitative estimate of drug-likeness (QED) is 0.647. The van der Waals surface area contributed by atoms with Crippen molar-refractivity contribution >= 4 is 11.8 Å². The number of nitrogens with one attached hydrogen (secondary N) is 1. The van der Waals surface area contributed by atoms with Gasteiger partial charge >= 0.3 is 0 Å². The van der Waals surface area contributed by atoms with E-state index in [0.717, 1.165) is 24.2 Å². The molecule has 1 fully saturated rings. The average molecular weight is 441 g/mol. The standard InChI is InChI=1S/C25H32N2O5/c1-4-32-21-8-5-18(6-9-21)15-24(28)26-17-19-11-13-27(14-12-19)25(29)20-7-10-22(30-2)23(16-20)31-3/h5-10,16,19H,4,11-15,17H2,1-3H3,(H,26,28). The lowest BCUT2D eigenvalue weighted by atomic mass is 9.96. The third-order valence-corrected chi connectivity index (χ3v) is 5.72. The fraction of sp³-hybridized carbons (Fsp3) is 0.440. The Morgan fingerprint density at radius 2 is 1.69 bits per heavy atom. The number of piperidine rings is 1. The smallest absolute Gasteiger partial charge is 0.253 e. The summed E-state index contributed by atoms with van der Waals surface area (Å²) in [4.78, 5) is 27.0. The van der Waals surface area contributed by atoms with Crippen LogP contribution in [0.3, 0.4) is 0 Å². The van der Waals surface area contributed by atoms with Gasteiger partial charge < -0.3 is 24.4 Å². The van der Waals surface area contributed by atoms with Gasteiger partial charge in [-0.1, -0.05) is 12.1 Å². The minimum absolute atomic E-state index is 0.0102. The molecule has 2 aromatic carbocycles. The first-order chi connectivity index (χ1) is 15.5. The monoisotopic (exact) mass is 440 g/mol. The first-order valence-electron chi connectivity index (χ1n) is 11.0. The fourth-order valence-electron chi connectivity index (χ4n) is 3.87. The topological polar surface area (TPSA) is 77.1 Å². The van der Waals surface area contributed by atoms with Gasteiger partial charge in [-0.3, -0.25) is 9.59 Å². The summed E-state index contributed by atoms with van der Waals surface area (Å²) in [5.41, 5.74) is 1.55. The van der Waals surface area contributed by atoms with Crippen molar-refractivity contribution in [2.45, 2.75) is 26.2 Å². The second kappa shape index (κ2) is 11.4. The summed E-state index contributed by atoms with van der Waals surface area (Å²) >= 11 is 0. The van der Waals surface area contributed by atoms with E-state index in [4.69, 9.17) is 14.2 Å². The molecule has 2 aromatic rings. The molecule has 0 aromatic heterocycles. The predicted octanol–water partition coefficient (Wildman–Crippen LogP) is 3.31. The van der Waals surface area contributed by atoms with Crippen LogP contribution in [0, 0.1) is 5.92 Å². The van der Waals surface area contributed by atoms with Gasteiger partial charge in [0.15, 0.2) is 11.5 Å². The zero-order valence-corrected chi connectivity index (χ0v) is 19.1. The SMILES string of the molecule is CCOc1ccc(CC(=O)NCC2CCN(C(=O)c3ccc(OC)c(OC)c3)CC2)cc1. The highest BCUT2D eigenvalue weighted by Crippen LogP contribution is 2.28. The number of rotatable bonds is 9. The van der Waals surface area contributed by atoms with E-state index in [9.17, 15) is 9.59 Å². The highest BCUT2D eigenvalue weighted by atomic mass is 16.5. The van der Waals surface area contributed by atoms with E-state index in [1.807, 2.05) is 36.1 Å². The summed E-state index contributed by atoms with van der Waals surface area (Å²) in [6.45, 7) is 4.55. The van der Waals surface area contributed by atoms with Crippen molar-refractivity contribution in [3.8, 4) is 17.2 Å². The van der Waals surface area contributed by atoms with Gasteiger partial charge in [-0.05, 0) is 61.6 Å². The fourth-order valence-corrected chi connectivity index (χ4v) is 3.87. The number of benzene rings is 2. The number of ether oxygens (including phenoxy) is 3. The molecule has 0 unspecified atom stereocenters. The average Bonchev–Trinajstić information content (AvgIpc) is 2.83. The van der Waals surface area contributed by atoms with E-state index in [0.29, 0.717) is 55.6 Å². The Bertz CT molecular complexity index is 905. The van der Waals surface area contributed by atoms with E-state index in [2.05, 4.69) is 5.32 Å². The second-order valence-electron chi connectivity index (χ2n) is 7.86. The maximum absolute atomic E-state index is 12.9. The molecular weight excluding hydrogens is 408 g/mol. The van der Waals surface area contributed by atoms with Crippen LogP contribution in [-0.2, 0) is 11.2 Å². The zero-order chi connectivity index (χ0) is 22.9. The molecular formula is C25H32N2O5. The number of hydrogen-bond donors (Lipinski definition) is 1. The lowest BCUT2D eigenvalue weighted by Gasteiger charge is -2.32. The molecule has 32 heavy (non-hydrogen) atoms. The Morgan fingerprint density at radius 3 is 2.31 bits per heavy atom. The molecule has 172 valence electrons. The summed E-state index contributed by atoms with van der Waals surface area (Å²) in [5.74, 6) is 2.33. The summed E-state index contributed by atoms with van der Waals surface area (Å²) in [6, 6.07) is 12.8. The molecule has 7 heteroatoms. The number of carbonyl (C=O) groups is 2.